The van der Waals surface area contributed by atoms with Crippen molar-refractivity contribution in [2.75, 3.05) is 6.54 Å². The molecule has 4 nitrogen and oxygen atoms in total. The van der Waals surface area contributed by atoms with E-state index in [1.165, 1.54) is 12.1 Å². The van der Waals surface area contributed by atoms with Gasteiger partial charge in [-0.3, -0.25) is 4.79 Å². The lowest BCUT2D eigenvalue weighted by Gasteiger charge is -2.16. The Labute approximate surface area is 100.0 Å². The summed E-state index contributed by atoms with van der Waals surface area (Å²) in [6.45, 7) is 3.72. The average Bonchev–Trinajstić information content (AvgIpc) is 2.25. The van der Waals surface area contributed by atoms with Crippen LogP contribution >= 0.6 is 0 Å². The summed E-state index contributed by atoms with van der Waals surface area (Å²) in [5.74, 6) is -0.151. The van der Waals surface area contributed by atoms with Gasteiger partial charge in [0.15, 0.2) is 0 Å². The number of nitrogens with two attached hydrogens (primary N) is 1. The fourth-order valence-corrected chi connectivity index (χ4v) is 1.22. The molecule has 3 N–H and O–H groups in total. The van der Waals surface area contributed by atoms with Crippen molar-refractivity contribution in [2.45, 2.75) is 26.0 Å². The summed E-state index contributed by atoms with van der Waals surface area (Å²) in [4.78, 5) is 11.2. The van der Waals surface area contributed by atoms with Crippen molar-refractivity contribution in [2.24, 2.45) is 5.73 Å². The van der Waals surface area contributed by atoms with E-state index >= 15 is 0 Å². The molecule has 0 saturated carbocycles. The minimum Gasteiger partial charge on any atom is -0.489 e. The van der Waals surface area contributed by atoms with Gasteiger partial charge in [0.1, 0.15) is 17.7 Å². The summed E-state index contributed by atoms with van der Waals surface area (Å²) in [5.41, 5.74) is 5.39. The highest BCUT2D eigenvalue weighted by atomic mass is 19.1. The molecule has 1 unspecified atom stereocenters. The number of rotatable bonds is 5. The number of carbonyl (C=O) groups is 1. The molecule has 0 fully saturated rings. The molecule has 1 aromatic carbocycles. The summed E-state index contributed by atoms with van der Waals surface area (Å²) < 4.78 is 18.3. The van der Waals surface area contributed by atoms with Gasteiger partial charge >= 0.3 is 0 Å². The number of hydrogen-bond donors (Lipinski definition) is 2. The summed E-state index contributed by atoms with van der Waals surface area (Å²) in [6.07, 6.45) is -0.250. The highest BCUT2D eigenvalue weighted by Crippen LogP contribution is 2.13. The van der Waals surface area contributed by atoms with Gasteiger partial charge in [-0.1, -0.05) is 6.07 Å². The topological polar surface area (TPSA) is 64.4 Å². The number of carbonyl (C=O) groups excluding carboxylic acids is 1. The average molecular weight is 240 g/mol. The molecule has 0 saturated heterocycles. The first-order valence-corrected chi connectivity index (χ1v) is 5.44. The van der Waals surface area contributed by atoms with Crippen LogP contribution in [0.15, 0.2) is 24.3 Å². The first-order chi connectivity index (χ1) is 7.99. The Hall–Kier alpha value is -1.62. The fourth-order valence-electron chi connectivity index (χ4n) is 1.22. The molecule has 0 spiro atoms. The van der Waals surface area contributed by atoms with Crippen LogP contribution in [0.5, 0.6) is 5.75 Å². The minimum absolute atomic E-state index is 0.236. The molecule has 1 rings (SSSR count). The lowest BCUT2D eigenvalue weighted by atomic mass is 10.3. The summed E-state index contributed by atoms with van der Waals surface area (Å²) in [7, 11) is 0. The molecule has 1 aromatic rings. The van der Waals surface area contributed by atoms with Gasteiger partial charge in [0.05, 0.1) is 12.6 Å². The van der Waals surface area contributed by atoms with Crippen molar-refractivity contribution < 1.29 is 13.9 Å². The van der Waals surface area contributed by atoms with Crippen LogP contribution < -0.4 is 15.8 Å². The smallest absolute Gasteiger partial charge is 0.236 e. The molecule has 5 heteroatoms. The Balaban J connectivity index is 2.39. The third-order valence-corrected chi connectivity index (χ3v) is 2.11. The van der Waals surface area contributed by atoms with E-state index in [2.05, 4.69) is 5.32 Å². The molecular weight excluding hydrogens is 223 g/mol. The molecule has 2 atom stereocenters. The molecule has 0 heterocycles. The van der Waals surface area contributed by atoms with Crippen LogP contribution in [0.4, 0.5) is 4.39 Å². The van der Waals surface area contributed by atoms with Gasteiger partial charge in [0.25, 0.3) is 0 Å². The number of nitrogens with one attached hydrogen (secondary N) is 1. The molecule has 0 aliphatic heterocycles. The van der Waals surface area contributed by atoms with E-state index in [9.17, 15) is 9.18 Å². The van der Waals surface area contributed by atoms with E-state index < -0.39 is 6.04 Å². The van der Waals surface area contributed by atoms with Crippen molar-refractivity contribution in [1.29, 1.82) is 0 Å². The molecule has 1 amide bonds. The molecule has 17 heavy (non-hydrogen) atoms. The number of amides is 1. The van der Waals surface area contributed by atoms with Gasteiger partial charge < -0.3 is 15.8 Å². The van der Waals surface area contributed by atoms with Gasteiger partial charge in [-0.05, 0) is 26.0 Å². The highest BCUT2D eigenvalue weighted by Gasteiger charge is 2.10. The third kappa shape index (κ3) is 4.82. The fraction of sp³-hybridized carbons (Fsp3) is 0.417. The third-order valence-electron chi connectivity index (χ3n) is 2.11. The second-order valence-electron chi connectivity index (χ2n) is 3.92. The summed E-state index contributed by atoms with van der Waals surface area (Å²) >= 11 is 0. The van der Waals surface area contributed by atoms with Gasteiger partial charge in [-0.2, -0.15) is 0 Å². The second-order valence-corrected chi connectivity index (χ2v) is 3.92. The van der Waals surface area contributed by atoms with Crippen molar-refractivity contribution >= 4 is 5.91 Å². The van der Waals surface area contributed by atoms with E-state index in [1.54, 1.807) is 26.0 Å². The maximum atomic E-state index is 12.9. The normalized spacial score (nSPS) is 13.9. The minimum atomic E-state index is -0.545. The Bertz CT molecular complexity index is 383. The maximum Gasteiger partial charge on any atom is 0.236 e. The Kier molecular flexibility index (Phi) is 4.90. The zero-order chi connectivity index (χ0) is 12.8. The van der Waals surface area contributed by atoms with E-state index in [1.807, 2.05) is 0 Å². The SMILES string of the molecule is CC(CNC(=O)[C@@H](C)N)Oc1cccc(F)c1. The van der Waals surface area contributed by atoms with E-state index in [-0.39, 0.29) is 17.8 Å². The monoisotopic (exact) mass is 240 g/mol. The largest absolute Gasteiger partial charge is 0.489 e. The highest BCUT2D eigenvalue weighted by molar-refractivity contribution is 5.80. The zero-order valence-corrected chi connectivity index (χ0v) is 9.94. The van der Waals surface area contributed by atoms with Crippen LogP contribution in [0.3, 0.4) is 0 Å². The van der Waals surface area contributed by atoms with Crippen molar-refractivity contribution in [1.82, 2.24) is 5.32 Å². The van der Waals surface area contributed by atoms with Crippen LogP contribution in [0.1, 0.15) is 13.8 Å². The lowest BCUT2D eigenvalue weighted by Crippen LogP contribution is -2.42. The summed E-state index contributed by atoms with van der Waals surface area (Å²) in [6, 6.07) is 5.32. The number of halogens is 1. The Morgan fingerprint density at radius 1 is 1.53 bits per heavy atom. The molecule has 0 bridgehead atoms. The van der Waals surface area contributed by atoms with Crippen molar-refractivity contribution in [3.8, 4) is 5.75 Å². The maximum absolute atomic E-state index is 12.9. The van der Waals surface area contributed by atoms with Gasteiger partial charge in [-0.15, -0.1) is 0 Å². The lowest BCUT2D eigenvalue weighted by molar-refractivity contribution is -0.122. The Morgan fingerprint density at radius 3 is 2.82 bits per heavy atom. The van der Waals surface area contributed by atoms with Gasteiger partial charge in [-0.25, -0.2) is 4.39 Å². The molecule has 94 valence electrons. The van der Waals surface area contributed by atoms with Crippen LogP contribution in [0.25, 0.3) is 0 Å². The Morgan fingerprint density at radius 2 is 2.24 bits per heavy atom. The molecule has 0 aliphatic carbocycles. The van der Waals surface area contributed by atoms with Gasteiger partial charge in [0.2, 0.25) is 5.91 Å². The number of benzene rings is 1. The standard InChI is InChI=1S/C12H17FN2O2/c1-8(7-15-12(16)9(2)14)17-11-5-3-4-10(13)6-11/h3-6,8-9H,7,14H2,1-2H3,(H,15,16)/t8?,9-/m1/s1. The van der Waals surface area contributed by atoms with Crippen LogP contribution in [-0.2, 0) is 4.79 Å². The van der Waals surface area contributed by atoms with E-state index in [0.29, 0.717) is 12.3 Å². The quantitative estimate of drug-likeness (QED) is 0.808. The van der Waals surface area contributed by atoms with Crippen LogP contribution in [0, 0.1) is 5.82 Å². The molecule has 0 aliphatic rings. The van der Waals surface area contributed by atoms with Gasteiger partial charge in [0, 0.05) is 6.07 Å². The predicted octanol–water partition coefficient (Wildman–Crippen LogP) is 1.06. The van der Waals surface area contributed by atoms with Crippen molar-refractivity contribution in [3.05, 3.63) is 30.1 Å². The van der Waals surface area contributed by atoms with Crippen molar-refractivity contribution in [3.63, 3.8) is 0 Å². The molecular formula is C12H17FN2O2. The summed E-state index contributed by atoms with van der Waals surface area (Å²) in [5, 5.41) is 2.63. The molecule has 0 aromatic heterocycles. The number of hydrogen-bond acceptors (Lipinski definition) is 3. The second kappa shape index (κ2) is 6.20. The number of ether oxygens (including phenoxy) is 1. The van der Waals surface area contributed by atoms with E-state index in [0.717, 1.165) is 0 Å². The molecule has 0 radical (unpaired) electrons. The van der Waals surface area contributed by atoms with Crippen LogP contribution in [-0.4, -0.2) is 24.6 Å². The zero-order valence-electron chi connectivity index (χ0n) is 9.94. The van der Waals surface area contributed by atoms with E-state index in [4.69, 9.17) is 10.5 Å². The first kappa shape index (κ1) is 13.4. The first-order valence-electron chi connectivity index (χ1n) is 5.44. The van der Waals surface area contributed by atoms with Crippen LogP contribution in [0.2, 0.25) is 0 Å². The predicted molar refractivity (Wildman–Crippen MR) is 63.1 cm³/mol.